The van der Waals surface area contributed by atoms with E-state index >= 15 is 0 Å². The van der Waals surface area contributed by atoms with Crippen molar-refractivity contribution in [2.75, 3.05) is 6.54 Å². The highest BCUT2D eigenvalue weighted by molar-refractivity contribution is 5.75. The molecule has 3 rings (SSSR count). The maximum atomic E-state index is 5.52. The van der Waals surface area contributed by atoms with E-state index in [4.69, 9.17) is 5.73 Å². The Morgan fingerprint density at radius 2 is 2.22 bits per heavy atom. The number of hydrogen-bond acceptors (Lipinski definition) is 4. The Balaban J connectivity index is 2.10. The molecule has 2 N–H and O–H groups in total. The van der Waals surface area contributed by atoms with Gasteiger partial charge in [-0.1, -0.05) is 0 Å². The summed E-state index contributed by atoms with van der Waals surface area (Å²) in [5.41, 5.74) is 8.10. The fourth-order valence-corrected chi connectivity index (χ4v) is 2.00. The second-order valence-electron chi connectivity index (χ2n) is 4.13. The van der Waals surface area contributed by atoms with Crippen molar-refractivity contribution in [3.63, 3.8) is 0 Å². The number of fused-ring (bicyclic) bond motifs is 1. The van der Waals surface area contributed by atoms with Crippen molar-refractivity contribution in [3.05, 3.63) is 30.9 Å². The lowest BCUT2D eigenvalue weighted by molar-refractivity contribution is 0.708. The first kappa shape index (κ1) is 10.9. The molecule has 0 unspecified atom stereocenters. The molecule has 0 aliphatic heterocycles. The molecule has 0 aliphatic rings. The predicted octanol–water partition coefficient (Wildman–Crippen LogP) is 0.790. The van der Waals surface area contributed by atoms with Crippen LogP contribution >= 0.6 is 0 Å². The van der Waals surface area contributed by atoms with Gasteiger partial charge in [0.2, 0.25) is 0 Å². The fraction of sp³-hybridized carbons (Fsp3) is 0.250. The van der Waals surface area contributed by atoms with E-state index in [1.54, 1.807) is 12.5 Å². The summed E-state index contributed by atoms with van der Waals surface area (Å²) in [4.78, 5) is 13.1. The second kappa shape index (κ2) is 4.23. The minimum atomic E-state index is 0.597. The van der Waals surface area contributed by atoms with Crippen molar-refractivity contribution in [1.82, 2.24) is 24.1 Å². The molecule has 0 fully saturated rings. The lowest BCUT2D eigenvalue weighted by atomic mass is 10.4. The third kappa shape index (κ3) is 1.67. The van der Waals surface area contributed by atoms with Gasteiger partial charge in [0.05, 0.1) is 11.8 Å². The van der Waals surface area contributed by atoms with Crippen molar-refractivity contribution < 1.29 is 0 Å². The number of rotatable bonds is 3. The number of pyridine rings is 1. The molecule has 3 heterocycles. The first-order chi connectivity index (χ1) is 8.79. The summed E-state index contributed by atoms with van der Waals surface area (Å²) in [7, 11) is 1.97. The van der Waals surface area contributed by atoms with Crippen LogP contribution in [0.3, 0.4) is 0 Å². The summed E-state index contributed by atoms with van der Waals surface area (Å²) in [6.07, 6.45) is 5.47. The SMILES string of the molecule is Cn1c(-c2cn(CCN)cn2)nc2ncccc21. The Labute approximate surface area is 104 Å². The number of nitrogens with two attached hydrogens (primary N) is 1. The summed E-state index contributed by atoms with van der Waals surface area (Å²) in [5, 5.41) is 0. The minimum absolute atomic E-state index is 0.597. The Morgan fingerprint density at radius 1 is 1.33 bits per heavy atom. The molecule has 3 aromatic rings. The monoisotopic (exact) mass is 242 g/mol. The second-order valence-corrected chi connectivity index (χ2v) is 4.13. The van der Waals surface area contributed by atoms with E-state index in [2.05, 4.69) is 15.0 Å². The third-order valence-electron chi connectivity index (χ3n) is 2.91. The molecule has 0 aromatic carbocycles. The zero-order valence-corrected chi connectivity index (χ0v) is 10.1. The minimum Gasteiger partial charge on any atom is -0.335 e. The highest BCUT2D eigenvalue weighted by Crippen LogP contribution is 2.20. The van der Waals surface area contributed by atoms with E-state index in [1.165, 1.54) is 0 Å². The average molecular weight is 242 g/mol. The average Bonchev–Trinajstić information content (AvgIpc) is 2.96. The molecule has 18 heavy (non-hydrogen) atoms. The summed E-state index contributed by atoms with van der Waals surface area (Å²) >= 11 is 0. The van der Waals surface area contributed by atoms with Crippen LogP contribution < -0.4 is 5.73 Å². The molecule has 0 amide bonds. The van der Waals surface area contributed by atoms with Gasteiger partial charge in [-0.25, -0.2) is 15.0 Å². The van der Waals surface area contributed by atoms with E-state index in [-0.39, 0.29) is 0 Å². The number of aryl methyl sites for hydroxylation is 1. The molecule has 3 aromatic heterocycles. The zero-order valence-electron chi connectivity index (χ0n) is 10.1. The van der Waals surface area contributed by atoms with Gasteiger partial charge in [-0.3, -0.25) is 0 Å². The van der Waals surface area contributed by atoms with Gasteiger partial charge in [-0.15, -0.1) is 0 Å². The van der Waals surface area contributed by atoms with E-state index < -0.39 is 0 Å². The lowest BCUT2D eigenvalue weighted by Crippen LogP contribution is -2.07. The normalized spacial score (nSPS) is 11.2. The Bertz CT molecular complexity index is 681. The van der Waals surface area contributed by atoms with Gasteiger partial charge in [-0.2, -0.15) is 0 Å². The molecule has 0 atom stereocenters. The number of hydrogen-bond donors (Lipinski definition) is 1. The van der Waals surface area contributed by atoms with Crippen LogP contribution in [-0.2, 0) is 13.6 Å². The largest absolute Gasteiger partial charge is 0.335 e. The molecular formula is C12H14N6. The van der Waals surface area contributed by atoms with E-state index in [0.29, 0.717) is 6.54 Å². The van der Waals surface area contributed by atoms with E-state index in [1.807, 2.05) is 34.5 Å². The smallest absolute Gasteiger partial charge is 0.178 e. The van der Waals surface area contributed by atoms with E-state index in [0.717, 1.165) is 29.2 Å². The third-order valence-corrected chi connectivity index (χ3v) is 2.91. The van der Waals surface area contributed by atoms with Crippen LogP contribution in [0.2, 0.25) is 0 Å². The van der Waals surface area contributed by atoms with E-state index in [9.17, 15) is 0 Å². The zero-order chi connectivity index (χ0) is 12.5. The highest BCUT2D eigenvalue weighted by atomic mass is 15.1. The first-order valence-corrected chi connectivity index (χ1v) is 5.79. The molecule has 6 nitrogen and oxygen atoms in total. The summed E-state index contributed by atoms with van der Waals surface area (Å²) in [6.45, 7) is 1.36. The number of imidazole rings is 2. The lowest BCUT2D eigenvalue weighted by Gasteiger charge is -1.98. The van der Waals surface area contributed by atoms with Crippen LogP contribution in [0.15, 0.2) is 30.9 Å². The quantitative estimate of drug-likeness (QED) is 0.737. The summed E-state index contributed by atoms with van der Waals surface area (Å²) < 4.78 is 3.96. The number of aromatic nitrogens is 5. The maximum absolute atomic E-state index is 5.52. The topological polar surface area (TPSA) is 74.5 Å². The maximum Gasteiger partial charge on any atom is 0.178 e. The van der Waals surface area contributed by atoms with Crippen molar-refractivity contribution in [3.8, 4) is 11.5 Å². The Kier molecular flexibility index (Phi) is 2.56. The first-order valence-electron chi connectivity index (χ1n) is 5.79. The molecule has 0 aliphatic carbocycles. The highest BCUT2D eigenvalue weighted by Gasteiger charge is 2.12. The van der Waals surface area contributed by atoms with Gasteiger partial charge in [0.1, 0.15) is 5.69 Å². The molecule has 92 valence electrons. The van der Waals surface area contributed by atoms with Gasteiger partial charge in [0.25, 0.3) is 0 Å². The van der Waals surface area contributed by atoms with Gasteiger partial charge in [0.15, 0.2) is 11.5 Å². The predicted molar refractivity (Wildman–Crippen MR) is 68.8 cm³/mol. The molecule has 6 heteroatoms. The molecule has 0 spiro atoms. The van der Waals surface area contributed by atoms with Gasteiger partial charge in [0, 0.05) is 32.5 Å². The molecule has 0 saturated carbocycles. The van der Waals surface area contributed by atoms with Gasteiger partial charge >= 0.3 is 0 Å². The molecule has 0 bridgehead atoms. The van der Waals surface area contributed by atoms with Crippen molar-refractivity contribution in [2.45, 2.75) is 6.54 Å². The van der Waals surface area contributed by atoms with Crippen LogP contribution in [0.25, 0.3) is 22.7 Å². The van der Waals surface area contributed by atoms with Gasteiger partial charge in [-0.05, 0) is 12.1 Å². The number of nitrogens with zero attached hydrogens (tertiary/aromatic N) is 5. The van der Waals surface area contributed by atoms with Crippen molar-refractivity contribution >= 4 is 11.2 Å². The van der Waals surface area contributed by atoms with Crippen LogP contribution in [0.1, 0.15) is 0 Å². The van der Waals surface area contributed by atoms with Gasteiger partial charge < -0.3 is 14.9 Å². The summed E-state index contributed by atoms with van der Waals surface area (Å²) in [5.74, 6) is 0.819. The van der Waals surface area contributed by atoms with Crippen LogP contribution in [0.5, 0.6) is 0 Å². The molecule has 0 saturated heterocycles. The summed E-state index contributed by atoms with van der Waals surface area (Å²) in [6, 6.07) is 3.90. The Morgan fingerprint density at radius 3 is 3.00 bits per heavy atom. The van der Waals surface area contributed by atoms with Crippen LogP contribution in [-0.4, -0.2) is 30.6 Å². The molecule has 0 radical (unpaired) electrons. The Hall–Kier alpha value is -2.21. The molecular weight excluding hydrogens is 228 g/mol. The van der Waals surface area contributed by atoms with Crippen LogP contribution in [0, 0.1) is 0 Å². The van der Waals surface area contributed by atoms with Crippen LogP contribution in [0.4, 0.5) is 0 Å². The standard InChI is InChI=1S/C12H14N6/c1-17-10-3-2-5-14-11(10)16-12(17)9-7-18(6-4-13)8-15-9/h2-3,5,7-8H,4,6,13H2,1H3. The van der Waals surface area contributed by atoms with Crippen molar-refractivity contribution in [2.24, 2.45) is 12.8 Å². The van der Waals surface area contributed by atoms with Crippen molar-refractivity contribution in [1.29, 1.82) is 0 Å². The fourth-order valence-electron chi connectivity index (χ4n) is 2.00.